The lowest BCUT2D eigenvalue weighted by Crippen LogP contribution is -2.27. The number of hydrogen-bond acceptors (Lipinski definition) is 4. The first-order valence-corrected chi connectivity index (χ1v) is 11.9. The van der Waals surface area contributed by atoms with E-state index in [9.17, 15) is 9.59 Å². The average molecular weight is 352 g/mol. The van der Waals surface area contributed by atoms with Crippen LogP contribution in [-0.2, 0) is 4.79 Å². The van der Waals surface area contributed by atoms with Crippen LogP contribution < -0.4 is 10.2 Å². The van der Waals surface area contributed by atoms with E-state index in [0.717, 1.165) is 0 Å². The predicted molar refractivity (Wildman–Crippen MR) is 102 cm³/mol. The Kier molecular flexibility index (Phi) is 4.59. The Hall–Kier alpha value is -2.66. The standard InChI is InChI=1S/C20H20O4Si/c1-25(2,3)13-17(21)24-20-18(22)15-11-7-8-12-16(15)23-19(20)14-9-5-4-6-10-14/h4-12H,13H2,1-3H3. The molecular formula is C20H20O4Si. The summed E-state index contributed by atoms with van der Waals surface area (Å²) in [5.74, 6) is -0.139. The summed E-state index contributed by atoms with van der Waals surface area (Å²) in [5, 5.41) is 0.401. The molecule has 0 saturated heterocycles. The molecule has 0 bridgehead atoms. The molecule has 0 aliphatic rings. The molecule has 4 nitrogen and oxygen atoms in total. The summed E-state index contributed by atoms with van der Waals surface area (Å²) in [6.45, 7) is 6.24. The highest BCUT2D eigenvalue weighted by molar-refractivity contribution is 6.78. The summed E-state index contributed by atoms with van der Waals surface area (Å²) in [6.07, 6.45) is 0. The fourth-order valence-electron chi connectivity index (χ4n) is 2.58. The van der Waals surface area contributed by atoms with E-state index in [1.165, 1.54) is 0 Å². The topological polar surface area (TPSA) is 56.5 Å². The van der Waals surface area contributed by atoms with E-state index in [2.05, 4.69) is 19.6 Å². The minimum atomic E-state index is -1.65. The lowest BCUT2D eigenvalue weighted by Gasteiger charge is -2.15. The van der Waals surface area contributed by atoms with Gasteiger partial charge in [-0.25, -0.2) is 0 Å². The van der Waals surface area contributed by atoms with Crippen LogP contribution >= 0.6 is 0 Å². The van der Waals surface area contributed by atoms with Crippen LogP contribution in [0.15, 0.2) is 63.8 Å². The first kappa shape index (κ1) is 17.2. The van der Waals surface area contributed by atoms with Crippen molar-refractivity contribution in [1.29, 1.82) is 0 Å². The summed E-state index contributed by atoms with van der Waals surface area (Å²) in [6, 6.07) is 16.5. The van der Waals surface area contributed by atoms with Crippen LogP contribution in [0.5, 0.6) is 5.75 Å². The number of rotatable bonds is 4. The number of ether oxygens (including phenoxy) is 1. The van der Waals surface area contributed by atoms with Crippen LogP contribution in [0, 0.1) is 0 Å². The monoisotopic (exact) mass is 352 g/mol. The van der Waals surface area contributed by atoms with Crippen molar-refractivity contribution >= 4 is 25.0 Å². The number of fused-ring (bicyclic) bond motifs is 1. The highest BCUT2D eigenvalue weighted by Crippen LogP contribution is 2.31. The van der Waals surface area contributed by atoms with Gasteiger partial charge in [-0.3, -0.25) is 9.59 Å². The highest BCUT2D eigenvalue weighted by Gasteiger charge is 2.24. The van der Waals surface area contributed by atoms with Gasteiger partial charge in [0.15, 0.2) is 5.76 Å². The molecule has 0 fully saturated rings. The molecule has 0 saturated carbocycles. The summed E-state index contributed by atoms with van der Waals surface area (Å²) < 4.78 is 11.4. The van der Waals surface area contributed by atoms with Crippen molar-refractivity contribution in [2.45, 2.75) is 25.7 Å². The van der Waals surface area contributed by atoms with E-state index in [0.29, 0.717) is 22.6 Å². The fourth-order valence-corrected chi connectivity index (χ4v) is 3.52. The van der Waals surface area contributed by atoms with Crippen LogP contribution in [0.1, 0.15) is 0 Å². The number of carbonyl (C=O) groups excluding carboxylic acids is 1. The fraction of sp³-hybridized carbons (Fsp3) is 0.200. The SMILES string of the molecule is C[Si](C)(C)CC(=O)Oc1c(-c2ccccc2)oc2ccccc2c1=O. The summed E-state index contributed by atoms with van der Waals surface area (Å²) in [5.41, 5.74) is 0.835. The third-order valence-corrected chi connectivity index (χ3v) is 5.03. The minimum absolute atomic E-state index is 0.0341. The van der Waals surface area contributed by atoms with Gasteiger partial charge in [0.1, 0.15) is 5.58 Å². The van der Waals surface area contributed by atoms with E-state index in [1.54, 1.807) is 24.3 Å². The van der Waals surface area contributed by atoms with Gasteiger partial charge < -0.3 is 9.15 Å². The molecule has 0 atom stereocenters. The largest absolute Gasteiger partial charge is 0.452 e. The van der Waals surface area contributed by atoms with Gasteiger partial charge >= 0.3 is 5.97 Å². The van der Waals surface area contributed by atoms with Crippen molar-refractivity contribution in [3.8, 4) is 17.1 Å². The second-order valence-corrected chi connectivity index (χ2v) is 12.6. The summed E-state index contributed by atoms with van der Waals surface area (Å²) in [7, 11) is -1.65. The van der Waals surface area contributed by atoms with Gasteiger partial charge in [-0.1, -0.05) is 62.1 Å². The van der Waals surface area contributed by atoms with Crippen LogP contribution in [0.3, 0.4) is 0 Å². The molecule has 0 radical (unpaired) electrons. The van der Waals surface area contributed by atoms with Gasteiger partial charge in [-0.15, -0.1) is 0 Å². The van der Waals surface area contributed by atoms with Gasteiger partial charge in [0.25, 0.3) is 0 Å². The first-order chi connectivity index (χ1) is 11.8. The zero-order valence-corrected chi connectivity index (χ0v) is 15.5. The maximum atomic E-state index is 12.9. The number of benzene rings is 2. The Bertz CT molecular complexity index is 968. The third kappa shape index (κ3) is 3.88. The molecule has 0 spiro atoms. The number of hydrogen-bond donors (Lipinski definition) is 0. The van der Waals surface area contributed by atoms with E-state index in [1.807, 2.05) is 30.3 Å². The van der Waals surface area contributed by atoms with Gasteiger partial charge in [-0.05, 0) is 12.1 Å². The van der Waals surface area contributed by atoms with Gasteiger partial charge in [0.05, 0.1) is 13.5 Å². The molecule has 0 aliphatic heterocycles. The summed E-state index contributed by atoms with van der Waals surface area (Å²) in [4.78, 5) is 25.2. The van der Waals surface area contributed by atoms with Crippen molar-refractivity contribution in [3.63, 3.8) is 0 Å². The van der Waals surface area contributed by atoms with Crippen LogP contribution in [-0.4, -0.2) is 14.0 Å². The normalized spacial score (nSPS) is 11.5. The van der Waals surface area contributed by atoms with Crippen molar-refractivity contribution in [2.75, 3.05) is 0 Å². The molecule has 3 rings (SSSR count). The minimum Gasteiger partial charge on any atom is -0.452 e. The Morgan fingerprint density at radius 1 is 1.00 bits per heavy atom. The first-order valence-electron chi connectivity index (χ1n) is 8.17. The smallest absolute Gasteiger partial charge is 0.308 e. The van der Waals surface area contributed by atoms with Crippen LogP contribution in [0.25, 0.3) is 22.3 Å². The van der Waals surface area contributed by atoms with Crippen molar-refractivity contribution < 1.29 is 13.9 Å². The average Bonchev–Trinajstić information content (AvgIpc) is 2.56. The molecule has 25 heavy (non-hydrogen) atoms. The van der Waals surface area contributed by atoms with Crippen molar-refractivity contribution in [3.05, 3.63) is 64.8 Å². The Balaban J connectivity index is 2.16. The maximum Gasteiger partial charge on any atom is 0.308 e. The second-order valence-electron chi connectivity index (χ2n) is 7.16. The molecule has 0 unspecified atom stereocenters. The lowest BCUT2D eigenvalue weighted by atomic mass is 10.1. The quantitative estimate of drug-likeness (QED) is 0.504. The van der Waals surface area contributed by atoms with Gasteiger partial charge in [0.2, 0.25) is 11.2 Å². The molecular weight excluding hydrogens is 332 g/mol. The molecule has 0 aliphatic carbocycles. The summed E-state index contributed by atoms with van der Waals surface area (Å²) >= 11 is 0. The molecule has 0 amide bonds. The van der Waals surface area contributed by atoms with E-state index in [4.69, 9.17) is 9.15 Å². The Morgan fingerprint density at radius 3 is 2.32 bits per heavy atom. The van der Waals surface area contributed by atoms with E-state index < -0.39 is 8.07 Å². The Morgan fingerprint density at radius 2 is 1.64 bits per heavy atom. The van der Waals surface area contributed by atoms with E-state index in [-0.39, 0.29) is 22.9 Å². The number of para-hydroxylation sites is 1. The second kappa shape index (κ2) is 6.68. The lowest BCUT2D eigenvalue weighted by molar-refractivity contribution is -0.132. The molecule has 1 aromatic heterocycles. The van der Waals surface area contributed by atoms with Crippen molar-refractivity contribution in [1.82, 2.24) is 0 Å². The predicted octanol–water partition coefficient (Wildman–Crippen LogP) is 4.70. The molecule has 1 heterocycles. The Labute approximate surface area is 147 Å². The van der Waals surface area contributed by atoms with Crippen molar-refractivity contribution in [2.24, 2.45) is 0 Å². The molecule has 3 aromatic rings. The molecule has 5 heteroatoms. The molecule has 0 N–H and O–H groups in total. The molecule has 128 valence electrons. The number of esters is 1. The van der Waals surface area contributed by atoms with Crippen LogP contribution in [0.2, 0.25) is 25.7 Å². The van der Waals surface area contributed by atoms with Crippen LogP contribution in [0.4, 0.5) is 0 Å². The zero-order valence-electron chi connectivity index (χ0n) is 14.5. The van der Waals surface area contributed by atoms with E-state index >= 15 is 0 Å². The van der Waals surface area contributed by atoms with Gasteiger partial charge in [-0.2, -0.15) is 0 Å². The van der Waals surface area contributed by atoms with Gasteiger partial charge in [0, 0.05) is 11.6 Å². The number of carbonyl (C=O) groups is 1. The maximum absolute atomic E-state index is 12.9. The highest BCUT2D eigenvalue weighted by atomic mass is 28.3. The third-order valence-electron chi connectivity index (χ3n) is 3.68. The molecule has 2 aromatic carbocycles. The zero-order chi connectivity index (χ0) is 18.0.